The smallest absolute Gasteiger partial charge is 0.170 e. The first-order valence-corrected chi connectivity index (χ1v) is 5.99. The third kappa shape index (κ3) is 3.56. The molecule has 0 spiro atoms. The van der Waals surface area contributed by atoms with Crippen LogP contribution in [0, 0.1) is 12.8 Å². The average Bonchev–Trinajstić information content (AvgIpc) is 2.34. The van der Waals surface area contributed by atoms with Crippen molar-refractivity contribution in [1.82, 2.24) is 5.32 Å². The van der Waals surface area contributed by atoms with E-state index in [0.717, 1.165) is 12.1 Å². The zero-order valence-electron chi connectivity index (χ0n) is 11.0. The fourth-order valence-electron chi connectivity index (χ4n) is 1.73. The topological polar surface area (TPSA) is 38.3 Å². The van der Waals surface area contributed by atoms with Crippen LogP contribution in [0.15, 0.2) is 18.2 Å². The van der Waals surface area contributed by atoms with E-state index < -0.39 is 0 Å². The predicted molar refractivity (Wildman–Crippen MR) is 69.8 cm³/mol. The molecule has 94 valence electrons. The molecular formula is C14H21NO2. The molecule has 0 heterocycles. The maximum atomic E-state index is 12.3. The van der Waals surface area contributed by atoms with Crippen molar-refractivity contribution in [3.63, 3.8) is 0 Å². The highest BCUT2D eigenvalue weighted by molar-refractivity contribution is 6.00. The Bertz CT molecular complexity index is 388. The van der Waals surface area contributed by atoms with E-state index >= 15 is 0 Å². The van der Waals surface area contributed by atoms with Crippen LogP contribution in [0.2, 0.25) is 0 Å². The lowest BCUT2D eigenvalue weighted by molar-refractivity contribution is 0.0926. The van der Waals surface area contributed by atoms with Crippen LogP contribution in [-0.2, 0) is 0 Å². The van der Waals surface area contributed by atoms with Crippen molar-refractivity contribution in [1.29, 1.82) is 0 Å². The van der Waals surface area contributed by atoms with Gasteiger partial charge >= 0.3 is 0 Å². The molecule has 1 aromatic carbocycles. The van der Waals surface area contributed by atoms with Crippen LogP contribution in [0.3, 0.4) is 0 Å². The fourth-order valence-corrected chi connectivity index (χ4v) is 1.73. The molecule has 0 aliphatic carbocycles. The van der Waals surface area contributed by atoms with Crippen LogP contribution in [0.5, 0.6) is 5.75 Å². The summed E-state index contributed by atoms with van der Waals surface area (Å²) < 4.78 is 5.23. The maximum Gasteiger partial charge on any atom is 0.170 e. The number of benzene rings is 1. The van der Waals surface area contributed by atoms with Crippen LogP contribution >= 0.6 is 0 Å². The number of aryl methyl sites for hydroxylation is 1. The Morgan fingerprint density at radius 3 is 2.76 bits per heavy atom. The summed E-state index contributed by atoms with van der Waals surface area (Å²) in [5.41, 5.74) is 1.75. The highest BCUT2D eigenvalue weighted by Gasteiger charge is 2.18. The second-order valence-corrected chi connectivity index (χ2v) is 4.28. The van der Waals surface area contributed by atoms with Gasteiger partial charge in [-0.1, -0.05) is 25.5 Å². The number of rotatable bonds is 6. The Morgan fingerprint density at radius 2 is 2.18 bits per heavy atom. The number of Topliss-reactive ketones (excluding diaryl/α,β-unsaturated/α-hetero) is 1. The first kappa shape index (κ1) is 13.7. The lowest BCUT2D eigenvalue weighted by Gasteiger charge is -2.14. The van der Waals surface area contributed by atoms with Gasteiger partial charge in [0.2, 0.25) is 0 Å². The molecule has 0 saturated carbocycles. The number of methoxy groups -OCH3 is 1. The Kier molecular flexibility index (Phi) is 5.16. The van der Waals surface area contributed by atoms with E-state index in [1.165, 1.54) is 0 Å². The largest absolute Gasteiger partial charge is 0.496 e. The highest BCUT2D eigenvalue weighted by Crippen LogP contribution is 2.22. The summed E-state index contributed by atoms with van der Waals surface area (Å²) in [5, 5.41) is 3.19. The summed E-state index contributed by atoms with van der Waals surface area (Å²) in [6.45, 7) is 7.53. The Hall–Kier alpha value is -1.35. The lowest BCUT2D eigenvalue weighted by Crippen LogP contribution is -2.26. The number of ether oxygens (including phenoxy) is 1. The second-order valence-electron chi connectivity index (χ2n) is 4.28. The lowest BCUT2D eigenvalue weighted by atomic mass is 9.97. The van der Waals surface area contributed by atoms with E-state index in [1.54, 1.807) is 7.11 Å². The first-order valence-electron chi connectivity index (χ1n) is 5.99. The molecule has 1 N–H and O–H groups in total. The third-order valence-corrected chi connectivity index (χ3v) is 2.77. The van der Waals surface area contributed by atoms with Gasteiger partial charge in [0.1, 0.15) is 5.75 Å². The van der Waals surface area contributed by atoms with Crippen molar-refractivity contribution >= 4 is 5.78 Å². The average molecular weight is 235 g/mol. The Labute approximate surface area is 103 Å². The van der Waals surface area contributed by atoms with Gasteiger partial charge in [0.25, 0.3) is 0 Å². The van der Waals surface area contributed by atoms with Crippen molar-refractivity contribution in [3.8, 4) is 5.75 Å². The molecule has 0 saturated heterocycles. The molecule has 0 aliphatic rings. The molecular weight excluding hydrogens is 214 g/mol. The minimum absolute atomic E-state index is 0.0364. The first-order chi connectivity index (χ1) is 8.10. The fraction of sp³-hybridized carbons (Fsp3) is 0.500. The minimum atomic E-state index is -0.0364. The Balaban J connectivity index is 2.90. The SMILES string of the molecule is CCNCC(C)C(=O)c1cc(C)ccc1OC. The van der Waals surface area contributed by atoms with Gasteiger partial charge in [-0.3, -0.25) is 4.79 Å². The van der Waals surface area contributed by atoms with Gasteiger partial charge in [-0.25, -0.2) is 0 Å². The van der Waals surface area contributed by atoms with E-state index in [0.29, 0.717) is 17.9 Å². The van der Waals surface area contributed by atoms with Gasteiger partial charge in [-0.2, -0.15) is 0 Å². The van der Waals surface area contributed by atoms with Crippen LogP contribution in [0.25, 0.3) is 0 Å². The molecule has 0 amide bonds. The van der Waals surface area contributed by atoms with Gasteiger partial charge in [-0.15, -0.1) is 0 Å². The molecule has 0 radical (unpaired) electrons. The van der Waals surface area contributed by atoms with Gasteiger partial charge in [0.15, 0.2) is 5.78 Å². The number of ketones is 1. The molecule has 0 fully saturated rings. The highest BCUT2D eigenvalue weighted by atomic mass is 16.5. The van der Waals surface area contributed by atoms with Crippen LogP contribution in [0.4, 0.5) is 0 Å². The number of hydrogen-bond acceptors (Lipinski definition) is 3. The zero-order chi connectivity index (χ0) is 12.8. The van der Waals surface area contributed by atoms with E-state index in [2.05, 4.69) is 5.32 Å². The van der Waals surface area contributed by atoms with E-state index in [4.69, 9.17) is 4.74 Å². The molecule has 3 heteroatoms. The van der Waals surface area contributed by atoms with Crippen molar-refractivity contribution < 1.29 is 9.53 Å². The van der Waals surface area contributed by atoms with Crippen molar-refractivity contribution in [2.75, 3.05) is 20.2 Å². The van der Waals surface area contributed by atoms with Crippen LogP contribution in [0.1, 0.15) is 29.8 Å². The normalized spacial score (nSPS) is 12.2. The zero-order valence-corrected chi connectivity index (χ0v) is 11.0. The molecule has 17 heavy (non-hydrogen) atoms. The minimum Gasteiger partial charge on any atom is -0.496 e. The number of carbonyl (C=O) groups is 1. The van der Waals surface area contributed by atoms with Crippen molar-refractivity contribution in [2.24, 2.45) is 5.92 Å². The summed E-state index contributed by atoms with van der Waals surface area (Å²) in [6.07, 6.45) is 0. The van der Waals surface area contributed by atoms with Gasteiger partial charge in [0.05, 0.1) is 12.7 Å². The molecule has 1 atom stereocenters. The molecule has 1 aromatic rings. The van der Waals surface area contributed by atoms with E-state index in [1.807, 2.05) is 39.0 Å². The second kappa shape index (κ2) is 6.40. The van der Waals surface area contributed by atoms with Gasteiger partial charge < -0.3 is 10.1 Å². The predicted octanol–water partition coefficient (Wildman–Crippen LogP) is 2.43. The number of carbonyl (C=O) groups excluding carboxylic acids is 1. The summed E-state index contributed by atoms with van der Waals surface area (Å²) in [7, 11) is 1.59. The van der Waals surface area contributed by atoms with Gasteiger partial charge in [0, 0.05) is 12.5 Å². The summed E-state index contributed by atoms with van der Waals surface area (Å²) in [5.74, 6) is 0.751. The van der Waals surface area contributed by atoms with Crippen LogP contribution in [-0.4, -0.2) is 26.0 Å². The number of hydrogen-bond donors (Lipinski definition) is 1. The molecule has 3 nitrogen and oxygen atoms in total. The van der Waals surface area contributed by atoms with E-state index in [9.17, 15) is 4.79 Å². The summed E-state index contributed by atoms with van der Waals surface area (Å²) in [6, 6.07) is 5.69. The molecule has 1 rings (SSSR count). The van der Waals surface area contributed by atoms with E-state index in [-0.39, 0.29) is 11.7 Å². The molecule has 0 bridgehead atoms. The monoisotopic (exact) mass is 235 g/mol. The van der Waals surface area contributed by atoms with Crippen molar-refractivity contribution in [3.05, 3.63) is 29.3 Å². The number of nitrogens with one attached hydrogen (secondary N) is 1. The molecule has 0 aromatic heterocycles. The van der Waals surface area contributed by atoms with Crippen LogP contribution < -0.4 is 10.1 Å². The van der Waals surface area contributed by atoms with Crippen molar-refractivity contribution in [2.45, 2.75) is 20.8 Å². The summed E-state index contributed by atoms with van der Waals surface area (Å²) >= 11 is 0. The third-order valence-electron chi connectivity index (χ3n) is 2.77. The molecule has 1 unspecified atom stereocenters. The quantitative estimate of drug-likeness (QED) is 0.770. The standard InChI is InChI=1S/C14H21NO2/c1-5-15-9-11(3)14(16)12-8-10(2)6-7-13(12)17-4/h6-8,11,15H,5,9H2,1-4H3. The maximum absolute atomic E-state index is 12.3. The van der Waals surface area contributed by atoms with Gasteiger partial charge in [-0.05, 0) is 25.6 Å². The summed E-state index contributed by atoms with van der Waals surface area (Å²) in [4.78, 5) is 12.3. The molecule has 0 aliphatic heterocycles. The Morgan fingerprint density at radius 1 is 1.47 bits per heavy atom.